The van der Waals surface area contributed by atoms with Gasteiger partial charge in [0.1, 0.15) is 11.4 Å². The van der Waals surface area contributed by atoms with Gasteiger partial charge in [-0.1, -0.05) is 0 Å². The second-order valence-electron chi connectivity index (χ2n) is 6.48. The molecule has 2 heterocycles. The number of nitrogens with zero attached hydrogens (tertiary/aromatic N) is 3. The number of carboxylic acids is 1. The highest BCUT2D eigenvalue weighted by Gasteiger charge is 2.22. The molecule has 2 aromatic heterocycles. The standard InChI is InChI=1S/C21H20N4O4/c1-4-25-20(27)19(23-15-7-8-16(21(28)29)12(2)10-15)17(13(3)26)18(24-25)14-6-5-9-22-11-14/h5-11,23H,4H2,1-3H3,(H,28,29). The Labute approximate surface area is 166 Å². The molecule has 0 spiro atoms. The van der Waals surface area contributed by atoms with Crippen molar-refractivity contribution in [3.63, 3.8) is 0 Å². The maximum absolute atomic E-state index is 12.9. The van der Waals surface area contributed by atoms with E-state index in [1.54, 1.807) is 50.5 Å². The third-order valence-electron chi connectivity index (χ3n) is 4.47. The van der Waals surface area contributed by atoms with Crippen LogP contribution < -0.4 is 10.9 Å². The number of hydrogen-bond donors (Lipinski definition) is 2. The molecule has 0 aliphatic carbocycles. The molecular weight excluding hydrogens is 372 g/mol. The maximum Gasteiger partial charge on any atom is 0.335 e. The topological polar surface area (TPSA) is 114 Å². The summed E-state index contributed by atoms with van der Waals surface area (Å²) in [6.45, 7) is 5.13. The Hall–Kier alpha value is -3.81. The fraction of sp³-hybridized carbons (Fsp3) is 0.190. The molecule has 0 atom stereocenters. The number of benzene rings is 1. The first kappa shape index (κ1) is 19.9. The lowest BCUT2D eigenvalue weighted by molar-refractivity contribution is 0.0696. The van der Waals surface area contributed by atoms with Crippen molar-refractivity contribution in [3.8, 4) is 11.3 Å². The summed E-state index contributed by atoms with van der Waals surface area (Å²) in [5, 5.41) is 16.6. The largest absolute Gasteiger partial charge is 0.478 e. The number of aromatic carboxylic acids is 1. The van der Waals surface area contributed by atoms with E-state index in [1.807, 2.05) is 0 Å². The van der Waals surface area contributed by atoms with Crippen LogP contribution in [0, 0.1) is 6.92 Å². The Balaban J connectivity index is 2.22. The van der Waals surface area contributed by atoms with E-state index in [2.05, 4.69) is 15.4 Å². The smallest absolute Gasteiger partial charge is 0.335 e. The van der Waals surface area contributed by atoms with Gasteiger partial charge >= 0.3 is 5.97 Å². The number of carbonyl (C=O) groups excluding carboxylic acids is 1. The van der Waals surface area contributed by atoms with Crippen molar-refractivity contribution in [3.05, 3.63) is 69.8 Å². The summed E-state index contributed by atoms with van der Waals surface area (Å²) in [6.07, 6.45) is 3.19. The minimum atomic E-state index is -1.03. The van der Waals surface area contributed by atoms with Crippen LogP contribution >= 0.6 is 0 Å². The zero-order chi connectivity index (χ0) is 21.1. The molecule has 0 fully saturated rings. The van der Waals surface area contributed by atoms with Crippen molar-refractivity contribution in [2.45, 2.75) is 27.3 Å². The van der Waals surface area contributed by atoms with Crippen molar-refractivity contribution in [1.29, 1.82) is 0 Å². The van der Waals surface area contributed by atoms with Crippen LogP contribution in [0.5, 0.6) is 0 Å². The summed E-state index contributed by atoms with van der Waals surface area (Å²) in [5.74, 6) is -1.35. The van der Waals surface area contributed by atoms with E-state index in [1.165, 1.54) is 17.7 Å². The highest BCUT2D eigenvalue weighted by molar-refractivity contribution is 6.05. The molecule has 148 valence electrons. The van der Waals surface area contributed by atoms with Crippen LogP contribution in [0.25, 0.3) is 11.3 Å². The van der Waals surface area contributed by atoms with E-state index >= 15 is 0 Å². The Kier molecular flexibility index (Phi) is 5.54. The molecule has 0 unspecified atom stereocenters. The van der Waals surface area contributed by atoms with Gasteiger partial charge < -0.3 is 10.4 Å². The molecule has 1 aromatic carbocycles. The van der Waals surface area contributed by atoms with Gasteiger partial charge in [0, 0.05) is 30.2 Å². The monoisotopic (exact) mass is 392 g/mol. The number of pyridine rings is 1. The molecule has 0 saturated heterocycles. The van der Waals surface area contributed by atoms with Gasteiger partial charge in [-0.15, -0.1) is 0 Å². The van der Waals surface area contributed by atoms with Crippen LogP contribution in [0.2, 0.25) is 0 Å². The second-order valence-corrected chi connectivity index (χ2v) is 6.48. The molecule has 8 nitrogen and oxygen atoms in total. The summed E-state index contributed by atoms with van der Waals surface area (Å²) in [6, 6.07) is 8.12. The highest BCUT2D eigenvalue weighted by Crippen LogP contribution is 2.27. The summed E-state index contributed by atoms with van der Waals surface area (Å²) >= 11 is 0. The Bertz CT molecular complexity index is 1150. The molecule has 0 radical (unpaired) electrons. The first-order valence-corrected chi connectivity index (χ1v) is 9.00. The first-order valence-electron chi connectivity index (χ1n) is 9.00. The van der Waals surface area contributed by atoms with E-state index in [9.17, 15) is 19.5 Å². The molecule has 29 heavy (non-hydrogen) atoms. The molecule has 0 bridgehead atoms. The van der Waals surface area contributed by atoms with Crippen molar-refractivity contribution < 1.29 is 14.7 Å². The highest BCUT2D eigenvalue weighted by atomic mass is 16.4. The van der Waals surface area contributed by atoms with Gasteiger partial charge in [-0.3, -0.25) is 14.6 Å². The molecule has 0 aliphatic heterocycles. The Morgan fingerprint density at radius 1 is 1.24 bits per heavy atom. The number of aryl methyl sites for hydroxylation is 2. The summed E-state index contributed by atoms with van der Waals surface area (Å²) in [4.78, 5) is 40.8. The summed E-state index contributed by atoms with van der Waals surface area (Å²) in [7, 11) is 0. The van der Waals surface area contributed by atoms with E-state index in [0.717, 1.165) is 0 Å². The number of carbonyl (C=O) groups is 2. The summed E-state index contributed by atoms with van der Waals surface area (Å²) in [5.41, 5.74) is 1.98. The number of aromatic nitrogens is 3. The van der Waals surface area contributed by atoms with Gasteiger partial charge in [-0.05, 0) is 56.7 Å². The number of Topliss-reactive ketones (excluding diaryl/α,β-unsaturated/α-hetero) is 1. The van der Waals surface area contributed by atoms with Crippen LogP contribution in [0.3, 0.4) is 0 Å². The third kappa shape index (κ3) is 3.91. The Morgan fingerprint density at radius 3 is 2.55 bits per heavy atom. The average molecular weight is 392 g/mol. The third-order valence-corrected chi connectivity index (χ3v) is 4.47. The van der Waals surface area contributed by atoms with Gasteiger partial charge in [-0.2, -0.15) is 5.10 Å². The SMILES string of the molecule is CCn1nc(-c2cccnc2)c(C(C)=O)c(Nc2ccc(C(=O)O)c(C)c2)c1=O. The number of nitrogens with one attached hydrogen (secondary N) is 1. The number of anilines is 2. The zero-order valence-electron chi connectivity index (χ0n) is 16.3. The van der Waals surface area contributed by atoms with E-state index in [-0.39, 0.29) is 22.6 Å². The fourth-order valence-corrected chi connectivity index (χ4v) is 3.07. The van der Waals surface area contributed by atoms with Gasteiger partial charge in [-0.25, -0.2) is 9.48 Å². The molecule has 3 rings (SSSR count). The minimum Gasteiger partial charge on any atom is -0.478 e. The number of rotatable bonds is 6. The van der Waals surface area contributed by atoms with Gasteiger partial charge in [0.25, 0.3) is 5.56 Å². The van der Waals surface area contributed by atoms with E-state index in [4.69, 9.17) is 0 Å². The molecular formula is C21H20N4O4. The fourth-order valence-electron chi connectivity index (χ4n) is 3.07. The molecule has 0 saturated carbocycles. The predicted molar refractivity (Wildman–Crippen MR) is 109 cm³/mol. The number of carboxylic acid groups (broad SMARTS) is 1. The minimum absolute atomic E-state index is 0.0932. The number of ketones is 1. The molecule has 3 aromatic rings. The van der Waals surface area contributed by atoms with Gasteiger partial charge in [0.15, 0.2) is 5.78 Å². The van der Waals surface area contributed by atoms with Crippen LogP contribution in [0.1, 0.15) is 40.1 Å². The lowest BCUT2D eigenvalue weighted by atomic mass is 10.0. The quantitative estimate of drug-likeness (QED) is 0.619. The zero-order valence-corrected chi connectivity index (χ0v) is 16.3. The van der Waals surface area contributed by atoms with Gasteiger partial charge in [0.2, 0.25) is 0 Å². The first-order chi connectivity index (χ1) is 13.8. The molecule has 2 N–H and O–H groups in total. The second kappa shape index (κ2) is 8.05. The van der Waals surface area contributed by atoms with Crippen molar-refractivity contribution >= 4 is 23.1 Å². The Morgan fingerprint density at radius 2 is 2.00 bits per heavy atom. The lowest BCUT2D eigenvalue weighted by Gasteiger charge is -2.16. The predicted octanol–water partition coefficient (Wildman–Crippen LogP) is 3.28. The van der Waals surface area contributed by atoms with Crippen LogP contribution in [0.15, 0.2) is 47.5 Å². The van der Waals surface area contributed by atoms with Crippen LogP contribution in [-0.4, -0.2) is 31.6 Å². The van der Waals surface area contributed by atoms with E-state index < -0.39 is 11.5 Å². The van der Waals surface area contributed by atoms with E-state index in [0.29, 0.717) is 29.1 Å². The van der Waals surface area contributed by atoms with Crippen LogP contribution in [-0.2, 0) is 6.54 Å². The molecule has 8 heteroatoms. The van der Waals surface area contributed by atoms with Crippen molar-refractivity contribution in [2.75, 3.05) is 5.32 Å². The van der Waals surface area contributed by atoms with Gasteiger partial charge in [0.05, 0.1) is 11.1 Å². The molecule has 0 amide bonds. The van der Waals surface area contributed by atoms with Crippen LogP contribution in [0.4, 0.5) is 11.4 Å². The van der Waals surface area contributed by atoms with Crippen molar-refractivity contribution in [1.82, 2.24) is 14.8 Å². The normalized spacial score (nSPS) is 10.6. The maximum atomic E-state index is 12.9. The lowest BCUT2D eigenvalue weighted by Crippen LogP contribution is -2.28. The number of hydrogen-bond acceptors (Lipinski definition) is 6. The average Bonchev–Trinajstić information content (AvgIpc) is 2.69. The van der Waals surface area contributed by atoms with Crippen molar-refractivity contribution in [2.24, 2.45) is 0 Å². The summed E-state index contributed by atoms with van der Waals surface area (Å²) < 4.78 is 1.27. The molecule has 0 aliphatic rings.